The van der Waals surface area contributed by atoms with Gasteiger partial charge in [0, 0.05) is 18.4 Å². The molecule has 32 heavy (non-hydrogen) atoms. The summed E-state index contributed by atoms with van der Waals surface area (Å²) in [6, 6.07) is 20.8. The number of hydrogen-bond donors (Lipinski definition) is 3. The molecule has 6 nitrogen and oxygen atoms in total. The Morgan fingerprint density at radius 2 is 1.22 bits per heavy atom. The Labute approximate surface area is 185 Å². The van der Waals surface area contributed by atoms with Gasteiger partial charge in [-0.3, -0.25) is 9.59 Å². The predicted octanol–water partition coefficient (Wildman–Crippen LogP) is 2.98. The van der Waals surface area contributed by atoms with E-state index in [2.05, 4.69) is 10.6 Å². The summed E-state index contributed by atoms with van der Waals surface area (Å²) >= 11 is 0. The number of amides is 2. The Kier molecular flexibility index (Phi) is 7.70. The van der Waals surface area contributed by atoms with Crippen LogP contribution in [0.4, 0.5) is 4.39 Å². The van der Waals surface area contributed by atoms with Crippen LogP contribution in [0.2, 0.25) is 0 Å². The zero-order chi connectivity index (χ0) is 22.9. The van der Waals surface area contributed by atoms with Gasteiger partial charge in [-0.1, -0.05) is 60.7 Å². The second-order valence-electron chi connectivity index (χ2n) is 7.31. The van der Waals surface area contributed by atoms with E-state index in [4.69, 9.17) is 0 Å². The Bertz CT molecular complexity index is 1060. The molecule has 3 N–H and O–H groups in total. The van der Waals surface area contributed by atoms with Crippen LogP contribution in [0.15, 0.2) is 84.9 Å². The summed E-state index contributed by atoms with van der Waals surface area (Å²) in [4.78, 5) is 37.4. The van der Waals surface area contributed by atoms with Crippen LogP contribution in [0.1, 0.15) is 21.5 Å². The third kappa shape index (κ3) is 6.50. The number of carboxylic acids is 1. The van der Waals surface area contributed by atoms with Crippen LogP contribution in [-0.4, -0.2) is 35.0 Å². The first-order valence-electron chi connectivity index (χ1n) is 10.1. The molecule has 2 amide bonds. The van der Waals surface area contributed by atoms with E-state index in [9.17, 15) is 23.9 Å². The summed E-state index contributed by atoms with van der Waals surface area (Å²) < 4.78 is 13.2. The molecule has 0 radical (unpaired) electrons. The molecule has 7 heteroatoms. The van der Waals surface area contributed by atoms with Crippen LogP contribution in [0.5, 0.6) is 0 Å². The smallest absolute Gasteiger partial charge is 0.326 e. The largest absolute Gasteiger partial charge is 0.480 e. The van der Waals surface area contributed by atoms with E-state index in [1.54, 1.807) is 24.3 Å². The van der Waals surface area contributed by atoms with Gasteiger partial charge in [-0.25, -0.2) is 9.18 Å². The fourth-order valence-electron chi connectivity index (χ4n) is 3.22. The predicted molar refractivity (Wildman–Crippen MR) is 118 cm³/mol. The summed E-state index contributed by atoms with van der Waals surface area (Å²) in [6.45, 7) is 0. The van der Waals surface area contributed by atoms with Gasteiger partial charge in [0.15, 0.2) is 0 Å². The number of benzene rings is 3. The van der Waals surface area contributed by atoms with E-state index in [1.165, 1.54) is 12.1 Å². The van der Waals surface area contributed by atoms with Gasteiger partial charge in [0.1, 0.15) is 17.9 Å². The maximum atomic E-state index is 13.2. The molecule has 0 aliphatic carbocycles. The average Bonchev–Trinajstić information content (AvgIpc) is 2.80. The third-order valence-corrected chi connectivity index (χ3v) is 4.91. The molecule has 164 valence electrons. The molecule has 0 aromatic heterocycles. The lowest BCUT2D eigenvalue weighted by Crippen LogP contribution is -2.53. The van der Waals surface area contributed by atoms with E-state index in [-0.39, 0.29) is 18.4 Å². The Hall–Kier alpha value is -4.00. The minimum absolute atomic E-state index is 0.103. The first kappa shape index (κ1) is 22.7. The highest BCUT2D eigenvalue weighted by Gasteiger charge is 2.27. The molecule has 3 aromatic rings. The van der Waals surface area contributed by atoms with E-state index < -0.39 is 35.7 Å². The molecule has 0 spiro atoms. The zero-order valence-electron chi connectivity index (χ0n) is 17.2. The Morgan fingerprint density at radius 3 is 1.72 bits per heavy atom. The van der Waals surface area contributed by atoms with Crippen LogP contribution >= 0.6 is 0 Å². The van der Waals surface area contributed by atoms with Crippen molar-refractivity contribution in [2.75, 3.05) is 0 Å². The van der Waals surface area contributed by atoms with Crippen molar-refractivity contribution in [1.29, 1.82) is 0 Å². The van der Waals surface area contributed by atoms with Crippen molar-refractivity contribution in [3.8, 4) is 0 Å². The number of nitrogens with one attached hydrogen (secondary N) is 2. The van der Waals surface area contributed by atoms with E-state index in [0.29, 0.717) is 0 Å². The van der Waals surface area contributed by atoms with Gasteiger partial charge in [-0.15, -0.1) is 0 Å². The van der Waals surface area contributed by atoms with Crippen molar-refractivity contribution >= 4 is 17.8 Å². The molecule has 0 saturated carbocycles. The number of hydrogen-bond acceptors (Lipinski definition) is 3. The van der Waals surface area contributed by atoms with Crippen molar-refractivity contribution in [2.45, 2.75) is 24.9 Å². The second-order valence-corrected chi connectivity index (χ2v) is 7.31. The molecule has 0 fully saturated rings. The molecule has 3 aromatic carbocycles. The number of carbonyl (C=O) groups excluding carboxylic acids is 2. The number of rotatable bonds is 9. The average molecular weight is 434 g/mol. The normalized spacial score (nSPS) is 12.4. The fraction of sp³-hybridized carbons (Fsp3) is 0.160. The van der Waals surface area contributed by atoms with Crippen LogP contribution in [0.3, 0.4) is 0 Å². The minimum Gasteiger partial charge on any atom is -0.480 e. The quantitative estimate of drug-likeness (QED) is 0.483. The highest BCUT2D eigenvalue weighted by Crippen LogP contribution is 2.09. The topological polar surface area (TPSA) is 95.5 Å². The van der Waals surface area contributed by atoms with Crippen LogP contribution in [0.25, 0.3) is 0 Å². The molecule has 0 aliphatic heterocycles. The number of carbonyl (C=O) groups is 3. The van der Waals surface area contributed by atoms with Gasteiger partial charge in [-0.05, 0) is 35.4 Å². The fourth-order valence-corrected chi connectivity index (χ4v) is 3.22. The molecule has 0 saturated heterocycles. The maximum Gasteiger partial charge on any atom is 0.326 e. The van der Waals surface area contributed by atoms with Crippen molar-refractivity contribution in [1.82, 2.24) is 10.6 Å². The highest BCUT2D eigenvalue weighted by molar-refractivity contribution is 5.98. The Morgan fingerprint density at radius 1 is 0.719 bits per heavy atom. The number of halogens is 1. The van der Waals surface area contributed by atoms with Crippen molar-refractivity contribution in [3.05, 3.63) is 107 Å². The van der Waals surface area contributed by atoms with Gasteiger partial charge >= 0.3 is 5.97 Å². The van der Waals surface area contributed by atoms with E-state index >= 15 is 0 Å². The highest BCUT2D eigenvalue weighted by atomic mass is 19.1. The first-order valence-corrected chi connectivity index (χ1v) is 10.1. The molecule has 0 heterocycles. The van der Waals surface area contributed by atoms with Crippen LogP contribution in [-0.2, 0) is 22.4 Å². The SMILES string of the molecule is O=C(N[C@@H](Cc1ccccc1)C(=O)N[C@@H](Cc1ccccc1)C(=O)O)c1ccc(F)cc1. The van der Waals surface area contributed by atoms with E-state index in [0.717, 1.165) is 23.3 Å². The monoisotopic (exact) mass is 434 g/mol. The number of aliphatic carboxylic acids is 1. The zero-order valence-corrected chi connectivity index (χ0v) is 17.2. The summed E-state index contributed by atoms with van der Waals surface area (Å²) in [7, 11) is 0. The molecular formula is C25H23FN2O4. The number of carboxylic acid groups (broad SMARTS) is 1. The van der Waals surface area contributed by atoms with Crippen molar-refractivity contribution in [2.24, 2.45) is 0 Å². The lowest BCUT2D eigenvalue weighted by molar-refractivity contribution is -0.142. The van der Waals surface area contributed by atoms with Crippen molar-refractivity contribution in [3.63, 3.8) is 0 Å². The van der Waals surface area contributed by atoms with Crippen molar-refractivity contribution < 1.29 is 23.9 Å². The lowest BCUT2D eigenvalue weighted by atomic mass is 10.0. The summed E-state index contributed by atoms with van der Waals surface area (Å²) in [5.74, 6) is -2.83. The molecular weight excluding hydrogens is 411 g/mol. The lowest BCUT2D eigenvalue weighted by Gasteiger charge is -2.22. The van der Waals surface area contributed by atoms with Gasteiger partial charge in [0.05, 0.1) is 0 Å². The first-order chi connectivity index (χ1) is 15.4. The molecule has 3 rings (SSSR count). The molecule has 0 unspecified atom stereocenters. The van der Waals surface area contributed by atoms with E-state index in [1.807, 2.05) is 36.4 Å². The van der Waals surface area contributed by atoms with Crippen LogP contribution < -0.4 is 10.6 Å². The van der Waals surface area contributed by atoms with Gasteiger partial charge in [0.2, 0.25) is 5.91 Å². The van der Waals surface area contributed by atoms with Crippen LogP contribution in [0, 0.1) is 5.82 Å². The molecule has 0 aliphatic rings. The standard InChI is InChI=1S/C25H23FN2O4/c26-20-13-11-19(12-14-20)23(29)27-21(15-17-7-3-1-4-8-17)24(30)28-22(25(31)32)16-18-9-5-2-6-10-18/h1-14,21-22H,15-16H2,(H,27,29)(H,28,30)(H,31,32)/t21-,22-/m0/s1. The minimum atomic E-state index is -1.18. The second kappa shape index (κ2) is 10.9. The maximum absolute atomic E-state index is 13.2. The summed E-state index contributed by atoms with van der Waals surface area (Å²) in [5, 5.41) is 14.8. The van der Waals surface area contributed by atoms with Gasteiger partial charge in [0.25, 0.3) is 5.91 Å². The summed E-state index contributed by atoms with van der Waals surface area (Å²) in [6.07, 6.45) is 0.267. The summed E-state index contributed by atoms with van der Waals surface area (Å²) in [5.41, 5.74) is 1.74. The molecule has 0 bridgehead atoms. The Balaban J connectivity index is 1.77. The van der Waals surface area contributed by atoms with Gasteiger partial charge < -0.3 is 15.7 Å². The third-order valence-electron chi connectivity index (χ3n) is 4.91. The molecule has 2 atom stereocenters. The van der Waals surface area contributed by atoms with Gasteiger partial charge in [-0.2, -0.15) is 0 Å².